The number of anilines is 1. The summed E-state index contributed by atoms with van der Waals surface area (Å²) in [6, 6.07) is 3.91. The van der Waals surface area contributed by atoms with Gasteiger partial charge in [-0.1, -0.05) is 27.7 Å². The molecule has 40 heavy (non-hydrogen) atoms. The lowest BCUT2D eigenvalue weighted by molar-refractivity contribution is -0.176. The van der Waals surface area contributed by atoms with Crippen molar-refractivity contribution >= 4 is 40.4 Å². The van der Waals surface area contributed by atoms with Gasteiger partial charge in [0.2, 0.25) is 17.5 Å². The van der Waals surface area contributed by atoms with E-state index >= 15 is 0 Å². The number of benzene rings is 1. The van der Waals surface area contributed by atoms with Gasteiger partial charge in [0.25, 0.3) is 5.56 Å². The molecule has 206 valence electrons. The highest BCUT2D eigenvalue weighted by molar-refractivity contribution is 5.91. The maximum atomic E-state index is 13.2. The van der Waals surface area contributed by atoms with Gasteiger partial charge in [0.15, 0.2) is 0 Å². The molecule has 0 aliphatic carbocycles. The maximum Gasteiger partial charge on any atom is 0.344 e. The zero-order valence-electron chi connectivity index (χ0n) is 23.2. The van der Waals surface area contributed by atoms with Gasteiger partial charge in [-0.25, -0.2) is 19.5 Å². The second-order valence-corrected chi connectivity index (χ2v) is 11.7. The van der Waals surface area contributed by atoms with E-state index in [0.29, 0.717) is 10.2 Å². The highest BCUT2D eigenvalue weighted by Gasteiger charge is 2.41. The van der Waals surface area contributed by atoms with Crippen LogP contribution in [0.25, 0.3) is 33.8 Å². The first-order valence-corrected chi connectivity index (χ1v) is 13.0. The van der Waals surface area contributed by atoms with Gasteiger partial charge in [-0.3, -0.25) is 4.79 Å². The van der Waals surface area contributed by atoms with Gasteiger partial charge in [0.1, 0.15) is 5.58 Å². The van der Waals surface area contributed by atoms with E-state index in [-0.39, 0.29) is 33.2 Å². The Labute approximate surface area is 231 Å². The van der Waals surface area contributed by atoms with Crippen LogP contribution >= 0.6 is 0 Å². The highest BCUT2D eigenvalue weighted by atomic mass is 17.1. The van der Waals surface area contributed by atoms with Crippen molar-refractivity contribution in [3.63, 3.8) is 0 Å². The van der Waals surface area contributed by atoms with Gasteiger partial charge >= 0.3 is 5.63 Å². The number of rotatable bonds is 4. The van der Waals surface area contributed by atoms with Crippen LogP contribution < -0.4 is 16.1 Å². The molecular weight excluding hydrogens is 510 g/mol. The quantitative estimate of drug-likeness (QED) is 0.105. The Hall–Kier alpha value is -4.51. The molecule has 4 heterocycles. The van der Waals surface area contributed by atoms with Crippen LogP contribution in [0.2, 0.25) is 0 Å². The largest absolute Gasteiger partial charge is 0.502 e. The summed E-state index contributed by atoms with van der Waals surface area (Å²) in [6.45, 7) is 23.1. The Bertz CT molecular complexity index is 1830. The van der Waals surface area contributed by atoms with E-state index in [4.69, 9.17) is 16.2 Å². The number of nitrogens with zero attached hydrogens (tertiary/aromatic N) is 3. The zero-order chi connectivity index (χ0) is 29.1. The number of hydrogen-bond acceptors (Lipinski definition) is 7. The molecule has 0 saturated heterocycles. The van der Waals surface area contributed by atoms with Crippen LogP contribution in [0.5, 0.6) is 5.88 Å². The van der Waals surface area contributed by atoms with Crippen molar-refractivity contribution in [2.24, 2.45) is 0 Å². The molecule has 0 atom stereocenters. The van der Waals surface area contributed by atoms with Gasteiger partial charge in [-0.05, 0) is 72.6 Å². The molecule has 2 aromatic heterocycles. The molecule has 0 spiro atoms. The maximum absolute atomic E-state index is 13.2. The molecule has 2 aliphatic heterocycles. The van der Waals surface area contributed by atoms with E-state index in [9.17, 15) is 14.7 Å². The predicted molar refractivity (Wildman–Crippen MR) is 155 cm³/mol. The number of fused-ring (bicyclic) bond motifs is 2. The van der Waals surface area contributed by atoms with Gasteiger partial charge < -0.3 is 19.3 Å². The van der Waals surface area contributed by atoms with E-state index in [1.807, 2.05) is 0 Å². The lowest BCUT2D eigenvalue weighted by atomic mass is 9.69. The molecule has 2 aliphatic rings. The van der Waals surface area contributed by atoms with E-state index in [0.717, 1.165) is 36.9 Å². The minimum absolute atomic E-state index is 0.00511. The fraction of sp³-hybridized carbons (Fsp3) is 0.355. The Balaban J connectivity index is 1.70. The number of hydrogen-bond donors (Lipinski definition) is 2. The molecule has 0 amide bonds. The van der Waals surface area contributed by atoms with Gasteiger partial charge in [0.05, 0.1) is 12.1 Å². The Kier molecular flexibility index (Phi) is 6.30. The first kappa shape index (κ1) is 27.1. The molecule has 2 N–H and O–H groups in total. The minimum atomic E-state index is -0.785. The van der Waals surface area contributed by atoms with Crippen molar-refractivity contribution in [3.8, 4) is 5.88 Å². The molecule has 1 aromatic carbocycles. The van der Waals surface area contributed by atoms with Crippen molar-refractivity contribution < 1.29 is 19.7 Å². The smallest absolute Gasteiger partial charge is 0.344 e. The molecule has 5 rings (SSSR count). The van der Waals surface area contributed by atoms with Crippen LogP contribution in [-0.2, 0) is 15.7 Å². The summed E-state index contributed by atoms with van der Waals surface area (Å²) in [4.78, 5) is 35.9. The third-order valence-corrected chi connectivity index (χ3v) is 8.31. The van der Waals surface area contributed by atoms with Crippen LogP contribution in [0, 0.1) is 13.5 Å². The molecule has 0 unspecified atom stereocenters. The summed E-state index contributed by atoms with van der Waals surface area (Å²) in [5.41, 5.74) is 5.67. The van der Waals surface area contributed by atoms with E-state index in [1.54, 1.807) is 6.07 Å². The first-order chi connectivity index (χ1) is 18.8. The predicted octanol–water partition coefficient (Wildman–Crippen LogP) is 5.93. The number of aromatic hydroxyl groups is 1. The summed E-state index contributed by atoms with van der Waals surface area (Å²) in [5, 5.41) is 20.1. The second-order valence-electron chi connectivity index (χ2n) is 11.7. The fourth-order valence-corrected chi connectivity index (χ4v) is 5.84. The lowest BCUT2D eigenvalue weighted by Crippen LogP contribution is -2.44. The summed E-state index contributed by atoms with van der Waals surface area (Å²) >= 11 is 0. The summed E-state index contributed by atoms with van der Waals surface area (Å²) in [5.74, 6) is -1.28. The SMILES string of the molecule is [C-]#[N+]c1c(C)c(C=C=Cc2cc3cc4c5c(c3oc2=O)C(C)(C)CCN5CCC4(C)C)c(=O)n(C(=C)OO)c1O. The first-order valence-electron chi connectivity index (χ1n) is 13.0. The Morgan fingerprint density at radius 3 is 2.50 bits per heavy atom. The monoisotopic (exact) mass is 541 g/mol. The average molecular weight is 542 g/mol. The lowest BCUT2D eigenvalue weighted by Gasteiger charge is -2.48. The van der Waals surface area contributed by atoms with E-state index < -0.39 is 22.9 Å². The van der Waals surface area contributed by atoms with Crippen molar-refractivity contribution in [2.75, 3.05) is 18.0 Å². The van der Waals surface area contributed by atoms with Crippen LogP contribution in [-0.4, -0.2) is 28.0 Å². The van der Waals surface area contributed by atoms with Gasteiger partial charge in [0, 0.05) is 35.3 Å². The molecule has 0 saturated carbocycles. The van der Waals surface area contributed by atoms with Crippen LogP contribution in [0.1, 0.15) is 68.4 Å². The van der Waals surface area contributed by atoms with Crippen LogP contribution in [0.4, 0.5) is 11.4 Å². The standard InChI is InChI=1S/C31H31N3O6/c1-17-21(27(35)34(18(2)40-38)28(36)24(17)32-7)10-8-9-19-15-20-16-22-25-23(26(20)39-29(19)37)31(5,6)12-14-33(25)13-11-30(22,3)4/h9-10,15-16,36,38H,2,11-14H2,1,3-6H3. The summed E-state index contributed by atoms with van der Waals surface area (Å²) in [6.07, 6.45) is 4.71. The van der Waals surface area contributed by atoms with Crippen LogP contribution in [0.15, 0.2) is 38.4 Å². The summed E-state index contributed by atoms with van der Waals surface area (Å²) < 4.78 is 6.56. The average Bonchev–Trinajstić information content (AvgIpc) is 2.89. The molecule has 0 bridgehead atoms. The minimum Gasteiger partial charge on any atom is -0.502 e. The van der Waals surface area contributed by atoms with Gasteiger partial charge in [-0.2, -0.15) is 0 Å². The molecule has 3 aromatic rings. The molecule has 0 radical (unpaired) electrons. The number of pyridine rings is 1. The summed E-state index contributed by atoms with van der Waals surface area (Å²) in [7, 11) is 0. The fourth-order valence-electron chi connectivity index (χ4n) is 5.84. The van der Waals surface area contributed by atoms with Crippen molar-refractivity contribution in [1.82, 2.24) is 4.57 Å². The normalized spacial score (nSPS) is 16.5. The van der Waals surface area contributed by atoms with E-state index in [2.05, 4.69) is 60.7 Å². The third kappa shape index (κ3) is 4.04. The van der Waals surface area contributed by atoms with E-state index in [1.165, 1.54) is 30.3 Å². The van der Waals surface area contributed by atoms with Crippen molar-refractivity contribution in [2.45, 2.75) is 58.3 Å². The Morgan fingerprint density at radius 1 is 1.18 bits per heavy atom. The van der Waals surface area contributed by atoms with Gasteiger partial charge in [-0.15, -0.1) is 5.73 Å². The third-order valence-electron chi connectivity index (χ3n) is 8.31. The number of aromatic nitrogens is 1. The molecule has 0 fully saturated rings. The Morgan fingerprint density at radius 2 is 1.85 bits per heavy atom. The molecular formula is C31H31N3O6. The molecule has 9 heteroatoms. The second kappa shape index (κ2) is 9.30. The highest BCUT2D eigenvalue weighted by Crippen LogP contribution is 2.51. The van der Waals surface area contributed by atoms with Crippen molar-refractivity contribution in [3.05, 3.63) is 84.5 Å². The topological polar surface area (TPSA) is 110 Å². The van der Waals surface area contributed by atoms with Crippen LogP contribution in [0.3, 0.4) is 0 Å². The zero-order valence-corrected chi connectivity index (χ0v) is 23.2. The van der Waals surface area contributed by atoms with Crippen molar-refractivity contribution in [1.29, 1.82) is 0 Å². The molecule has 9 nitrogen and oxygen atoms in total.